The Balaban J connectivity index is 1.48. The fourth-order valence-electron chi connectivity index (χ4n) is 4.62. The molecule has 3 aliphatic rings. The second-order valence-electron chi connectivity index (χ2n) is 8.10. The molecule has 0 aliphatic carbocycles. The van der Waals surface area contributed by atoms with Crippen molar-refractivity contribution in [3.05, 3.63) is 40.4 Å². The number of benzene rings is 1. The Morgan fingerprint density at radius 2 is 1.82 bits per heavy atom. The van der Waals surface area contributed by atoms with Gasteiger partial charge >= 0.3 is 5.97 Å². The summed E-state index contributed by atoms with van der Waals surface area (Å²) in [6.07, 6.45) is 0.694. The molecule has 2 fully saturated rings. The first-order valence-electron chi connectivity index (χ1n) is 9.95. The number of likely N-dealkylation sites (tertiary alicyclic amines) is 1. The maximum Gasteiger partial charge on any atom is 0.334 e. The Kier molecular flexibility index (Phi) is 5.40. The molecule has 0 saturated carbocycles. The van der Waals surface area contributed by atoms with Crippen molar-refractivity contribution in [3.8, 4) is 0 Å². The standard InChI is InChI=1S/C21H28ClN3O3/c1-15-18(21(28-20(15)27)6-8-23(2)9-7-21)19(26)25-12-10-24(11-13-25)17-5-3-4-16(22)14-17/h3-5,14,19,26H,6-13H2,1-2H3. The molecule has 1 spiro atoms. The monoisotopic (exact) mass is 405 g/mol. The molecule has 7 heteroatoms. The van der Waals surface area contributed by atoms with E-state index in [0.717, 1.165) is 55.3 Å². The summed E-state index contributed by atoms with van der Waals surface area (Å²) in [6, 6.07) is 7.86. The van der Waals surface area contributed by atoms with Crippen molar-refractivity contribution in [1.29, 1.82) is 0 Å². The highest BCUT2D eigenvalue weighted by molar-refractivity contribution is 6.30. The average molecular weight is 406 g/mol. The number of aliphatic hydroxyl groups is 1. The molecular weight excluding hydrogens is 378 g/mol. The molecule has 0 aromatic heterocycles. The van der Waals surface area contributed by atoms with Gasteiger partial charge < -0.3 is 19.6 Å². The zero-order chi connectivity index (χ0) is 19.9. The van der Waals surface area contributed by atoms with Crippen LogP contribution in [0.3, 0.4) is 0 Å². The van der Waals surface area contributed by atoms with Crippen molar-refractivity contribution < 1.29 is 14.6 Å². The summed E-state index contributed by atoms with van der Waals surface area (Å²) in [5, 5.41) is 12.0. The Morgan fingerprint density at radius 3 is 2.46 bits per heavy atom. The van der Waals surface area contributed by atoms with Gasteiger partial charge in [-0.1, -0.05) is 17.7 Å². The summed E-state index contributed by atoms with van der Waals surface area (Å²) in [4.78, 5) is 18.9. The topological polar surface area (TPSA) is 56.3 Å². The van der Waals surface area contributed by atoms with Crippen LogP contribution in [0.15, 0.2) is 35.4 Å². The van der Waals surface area contributed by atoms with Gasteiger partial charge in [0, 0.05) is 74.0 Å². The average Bonchev–Trinajstić information content (AvgIpc) is 2.94. The molecule has 28 heavy (non-hydrogen) atoms. The van der Waals surface area contributed by atoms with E-state index < -0.39 is 11.8 Å². The van der Waals surface area contributed by atoms with Gasteiger partial charge in [-0.15, -0.1) is 0 Å². The zero-order valence-electron chi connectivity index (χ0n) is 16.5. The fourth-order valence-corrected chi connectivity index (χ4v) is 4.81. The quantitative estimate of drug-likeness (QED) is 0.777. The van der Waals surface area contributed by atoms with Crippen molar-refractivity contribution in [1.82, 2.24) is 9.80 Å². The number of ether oxygens (including phenoxy) is 1. The molecule has 3 aliphatic heterocycles. The van der Waals surface area contributed by atoms with E-state index in [1.807, 2.05) is 18.2 Å². The van der Waals surface area contributed by atoms with E-state index in [1.165, 1.54) is 0 Å². The Hall–Kier alpha value is -1.60. The van der Waals surface area contributed by atoms with Gasteiger partial charge in [0.05, 0.1) is 0 Å². The van der Waals surface area contributed by atoms with Crippen LogP contribution < -0.4 is 4.90 Å². The van der Waals surface area contributed by atoms with Crippen molar-refractivity contribution >= 4 is 23.3 Å². The van der Waals surface area contributed by atoms with Gasteiger partial charge in [-0.25, -0.2) is 4.79 Å². The number of nitrogens with zero attached hydrogens (tertiary/aromatic N) is 3. The highest BCUT2D eigenvalue weighted by atomic mass is 35.5. The number of anilines is 1. The summed E-state index contributed by atoms with van der Waals surface area (Å²) in [6.45, 7) is 6.54. The van der Waals surface area contributed by atoms with E-state index in [2.05, 4.69) is 27.8 Å². The molecule has 0 bridgehead atoms. The summed E-state index contributed by atoms with van der Waals surface area (Å²) >= 11 is 6.12. The molecule has 0 amide bonds. The van der Waals surface area contributed by atoms with Crippen molar-refractivity contribution in [3.63, 3.8) is 0 Å². The Morgan fingerprint density at radius 1 is 1.14 bits per heavy atom. The Bertz CT molecular complexity index is 781. The van der Waals surface area contributed by atoms with Gasteiger partial charge in [0.25, 0.3) is 0 Å². The first-order chi connectivity index (χ1) is 13.4. The first kappa shape index (κ1) is 19.7. The number of halogens is 1. The van der Waals surface area contributed by atoms with Crippen LogP contribution in [-0.4, -0.2) is 79.0 Å². The second-order valence-corrected chi connectivity index (χ2v) is 8.54. The minimum atomic E-state index is -0.781. The van der Waals surface area contributed by atoms with Gasteiger partial charge in [-0.05, 0) is 32.2 Å². The summed E-state index contributed by atoms with van der Waals surface area (Å²) in [5.41, 5.74) is 1.82. The number of rotatable bonds is 3. The normalized spacial score (nSPS) is 24.7. The highest BCUT2D eigenvalue weighted by Gasteiger charge is 2.51. The number of piperazine rings is 1. The third kappa shape index (κ3) is 3.54. The lowest BCUT2D eigenvalue weighted by Crippen LogP contribution is -2.54. The van der Waals surface area contributed by atoms with Crippen LogP contribution >= 0.6 is 11.6 Å². The number of esters is 1. The van der Waals surface area contributed by atoms with E-state index in [1.54, 1.807) is 6.92 Å². The fraction of sp³-hybridized carbons (Fsp3) is 0.571. The largest absolute Gasteiger partial charge is 0.451 e. The smallest absolute Gasteiger partial charge is 0.334 e. The van der Waals surface area contributed by atoms with Crippen LogP contribution in [0.5, 0.6) is 0 Å². The number of hydrogen-bond acceptors (Lipinski definition) is 6. The van der Waals surface area contributed by atoms with Gasteiger partial charge in [0.15, 0.2) is 0 Å². The lowest BCUT2D eigenvalue weighted by molar-refractivity contribution is -0.151. The molecule has 1 aromatic rings. The van der Waals surface area contributed by atoms with Crippen LogP contribution in [0, 0.1) is 0 Å². The molecule has 1 N–H and O–H groups in total. The molecule has 1 unspecified atom stereocenters. The van der Waals surface area contributed by atoms with Crippen LogP contribution in [0.4, 0.5) is 5.69 Å². The van der Waals surface area contributed by atoms with E-state index >= 15 is 0 Å². The van der Waals surface area contributed by atoms with E-state index in [4.69, 9.17) is 16.3 Å². The van der Waals surface area contributed by atoms with Crippen molar-refractivity contribution in [2.45, 2.75) is 31.6 Å². The van der Waals surface area contributed by atoms with Gasteiger partial charge in [-0.2, -0.15) is 0 Å². The number of aliphatic hydroxyl groups excluding tert-OH is 1. The molecule has 1 atom stereocenters. The summed E-state index contributed by atoms with van der Waals surface area (Å²) in [7, 11) is 2.07. The van der Waals surface area contributed by atoms with E-state index in [0.29, 0.717) is 18.7 Å². The number of piperidine rings is 1. The summed E-state index contributed by atoms with van der Waals surface area (Å²) in [5.74, 6) is -0.281. The molecule has 1 aromatic carbocycles. The molecule has 0 radical (unpaired) electrons. The first-order valence-corrected chi connectivity index (χ1v) is 10.3. The van der Waals surface area contributed by atoms with Crippen molar-refractivity contribution in [2.24, 2.45) is 0 Å². The minimum absolute atomic E-state index is 0.281. The molecule has 6 nitrogen and oxygen atoms in total. The lowest BCUT2D eigenvalue weighted by Gasteiger charge is -2.44. The Labute approximate surface area is 171 Å². The van der Waals surface area contributed by atoms with Crippen LogP contribution in [0.25, 0.3) is 0 Å². The predicted molar refractivity (Wildman–Crippen MR) is 109 cm³/mol. The molecule has 2 saturated heterocycles. The van der Waals surface area contributed by atoms with Gasteiger partial charge in [0.1, 0.15) is 11.8 Å². The molecular formula is C21H28ClN3O3. The maximum absolute atomic E-state index is 12.4. The third-order valence-electron chi connectivity index (χ3n) is 6.38. The maximum atomic E-state index is 12.4. The van der Waals surface area contributed by atoms with Crippen LogP contribution in [0.2, 0.25) is 5.02 Å². The molecule has 3 heterocycles. The number of hydrogen-bond donors (Lipinski definition) is 1. The minimum Gasteiger partial charge on any atom is -0.451 e. The van der Waals surface area contributed by atoms with Crippen LogP contribution in [-0.2, 0) is 9.53 Å². The van der Waals surface area contributed by atoms with Gasteiger partial charge in [0.2, 0.25) is 0 Å². The second kappa shape index (κ2) is 7.67. The van der Waals surface area contributed by atoms with Gasteiger partial charge in [-0.3, -0.25) is 4.90 Å². The number of carbonyl (C=O) groups excluding carboxylic acids is 1. The van der Waals surface area contributed by atoms with E-state index in [9.17, 15) is 9.90 Å². The zero-order valence-corrected chi connectivity index (χ0v) is 17.3. The van der Waals surface area contributed by atoms with Crippen LogP contribution in [0.1, 0.15) is 19.8 Å². The lowest BCUT2D eigenvalue weighted by atomic mass is 9.82. The SMILES string of the molecule is CC1=C(C(O)N2CCN(c3cccc(Cl)c3)CC2)C2(CCN(C)CC2)OC1=O. The third-order valence-corrected chi connectivity index (χ3v) is 6.61. The molecule has 152 valence electrons. The van der Waals surface area contributed by atoms with E-state index in [-0.39, 0.29) is 5.97 Å². The van der Waals surface area contributed by atoms with Crippen molar-refractivity contribution in [2.75, 3.05) is 51.2 Å². The molecule has 4 rings (SSSR count). The summed E-state index contributed by atoms with van der Waals surface area (Å²) < 4.78 is 5.83. The highest BCUT2D eigenvalue weighted by Crippen LogP contribution is 2.43. The number of carbonyl (C=O) groups is 1. The predicted octanol–water partition coefficient (Wildman–Crippen LogP) is 2.12.